The van der Waals surface area contributed by atoms with Gasteiger partial charge in [0.25, 0.3) is 0 Å². The van der Waals surface area contributed by atoms with E-state index in [9.17, 15) is 14.4 Å². The van der Waals surface area contributed by atoms with Gasteiger partial charge < -0.3 is 14.2 Å². The van der Waals surface area contributed by atoms with Crippen LogP contribution >= 0.6 is 0 Å². The van der Waals surface area contributed by atoms with Gasteiger partial charge in [-0.25, -0.2) is 0 Å². The Morgan fingerprint density at radius 1 is 0.382 bits per heavy atom. The Balaban J connectivity index is 4.58. The number of rotatable bonds is 36. The molecule has 0 heterocycles. The van der Waals surface area contributed by atoms with E-state index in [-0.39, 0.29) is 44.0 Å². The second kappa shape index (κ2) is 42.8. The zero-order chi connectivity index (χ0) is 40.1. The van der Waals surface area contributed by atoms with Crippen molar-refractivity contribution in [3.8, 4) is 0 Å². The minimum atomic E-state index is -0.820. The summed E-state index contributed by atoms with van der Waals surface area (Å²) in [6, 6.07) is 0. The number of carbonyl (C=O) groups excluding carboxylic acids is 3. The summed E-state index contributed by atoms with van der Waals surface area (Å²) in [4.78, 5) is 37.6. The van der Waals surface area contributed by atoms with E-state index in [0.717, 1.165) is 89.9 Å². The van der Waals surface area contributed by atoms with E-state index in [4.69, 9.17) is 14.2 Å². The highest BCUT2D eigenvalue weighted by Gasteiger charge is 2.19. The van der Waals surface area contributed by atoms with E-state index in [1.807, 2.05) is 60.8 Å². The van der Waals surface area contributed by atoms with Crippen molar-refractivity contribution >= 4 is 17.9 Å². The molecule has 0 fully saturated rings. The van der Waals surface area contributed by atoms with Crippen molar-refractivity contribution in [2.75, 3.05) is 13.2 Å². The van der Waals surface area contributed by atoms with E-state index in [2.05, 4.69) is 69.4 Å². The van der Waals surface area contributed by atoms with E-state index >= 15 is 0 Å². The smallest absolute Gasteiger partial charge is 0.306 e. The highest BCUT2D eigenvalue weighted by Crippen LogP contribution is 2.12. The molecule has 0 aromatic rings. The van der Waals surface area contributed by atoms with Gasteiger partial charge in [0.1, 0.15) is 13.2 Å². The molecule has 0 aliphatic carbocycles. The Kier molecular flexibility index (Phi) is 39.7. The van der Waals surface area contributed by atoms with Gasteiger partial charge in [-0.3, -0.25) is 14.4 Å². The Bertz CT molecular complexity index is 1200. The van der Waals surface area contributed by atoms with Crippen LogP contribution in [0.25, 0.3) is 0 Å². The summed E-state index contributed by atoms with van der Waals surface area (Å²) in [6.45, 7) is 6.19. The molecule has 0 radical (unpaired) electrons. The highest BCUT2D eigenvalue weighted by molar-refractivity contribution is 5.71. The fourth-order valence-electron chi connectivity index (χ4n) is 5.21. The molecule has 0 aromatic carbocycles. The first-order valence-electron chi connectivity index (χ1n) is 21.5. The first-order chi connectivity index (χ1) is 27.0. The second-order valence-corrected chi connectivity index (χ2v) is 13.7. The molecule has 55 heavy (non-hydrogen) atoms. The zero-order valence-electron chi connectivity index (χ0n) is 34.9. The summed E-state index contributed by atoms with van der Waals surface area (Å²) in [6.07, 6.45) is 56.5. The van der Waals surface area contributed by atoms with Crippen LogP contribution in [-0.2, 0) is 28.6 Å². The standard InChI is InChI=1S/C49H76O6/c1-4-7-10-13-16-19-22-24-27-30-33-36-39-42-48(51)54-45-46(44-53-47(50)41-38-35-32-29-26-21-18-15-12-9-6-3)55-49(52)43-40-37-34-31-28-25-23-20-17-14-11-8-5-2/h7-8,10-11,13-20,22-24,27,30,33,46H,4-6,9,12,21,25-26,28-29,31-32,34-45H2,1-3H3/b10-7-,11-8-,16-13-,17-14-,18-15-,22-19-,23-20-,27-24-,33-30-. The molecule has 6 heteroatoms. The SMILES string of the molecule is CC\C=C/C=C\C=C/C=C\C=C/CCCC(=O)OCC(COC(=O)CCCCCCC/C=C\CCCC)OC(=O)CCCCCCC\C=C/C=C\C=C/CC. The normalized spacial score (nSPS) is 13.1. The molecule has 0 spiro atoms. The maximum atomic E-state index is 12.7. The Morgan fingerprint density at radius 3 is 1.24 bits per heavy atom. The molecule has 1 atom stereocenters. The Labute approximate surface area is 336 Å². The number of hydrogen-bond donors (Lipinski definition) is 0. The van der Waals surface area contributed by atoms with Gasteiger partial charge in [-0.15, -0.1) is 0 Å². The van der Waals surface area contributed by atoms with E-state index in [1.165, 1.54) is 25.7 Å². The molecule has 0 rings (SSSR count). The van der Waals surface area contributed by atoms with Crippen molar-refractivity contribution in [2.45, 2.75) is 168 Å². The molecule has 0 saturated carbocycles. The fraction of sp³-hybridized carbons (Fsp3) is 0.571. The molecule has 1 unspecified atom stereocenters. The predicted molar refractivity (Wildman–Crippen MR) is 233 cm³/mol. The van der Waals surface area contributed by atoms with Crippen molar-refractivity contribution in [1.29, 1.82) is 0 Å². The molecular weight excluding hydrogens is 685 g/mol. The molecular formula is C49H76O6. The predicted octanol–water partition coefficient (Wildman–Crippen LogP) is 13.6. The first-order valence-corrected chi connectivity index (χ1v) is 21.5. The van der Waals surface area contributed by atoms with Gasteiger partial charge in [-0.05, 0) is 70.6 Å². The van der Waals surface area contributed by atoms with Crippen LogP contribution in [0.15, 0.2) is 109 Å². The maximum Gasteiger partial charge on any atom is 0.306 e. The minimum Gasteiger partial charge on any atom is -0.462 e. The lowest BCUT2D eigenvalue weighted by Gasteiger charge is -2.18. The number of hydrogen-bond acceptors (Lipinski definition) is 6. The minimum absolute atomic E-state index is 0.117. The summed E-state index contributed by atoms with van der Waals surface area (Å²) < 4.78 is 16.6. The third kappa shape index (κ3) is 41.1. The number of ether oxygens (including phenoxy) is 3. The van der Waals surface area contributed by atoms with Crippen LogP contribution in [0, 0.1) is 0 Å². The summed E-state index contributed by atoms with van der Waals surface area (Å²) in [5.74, 6) is -1.04. The second-order valence-electron chi connectivity index (χ2n) is 13.7. The molecule has 0 saturated heterocycles. The van der Waals surface area contributed by atoms with E-state index in [0.29, 0.717) is 12.8 Å². The summed E-state index contributed by atoms with van der Waals surface area (Å²) in [5, 5.41) is 0. The highest BCUT2D eigenvalue weighted by atomic mass is 16.6. The van der Waals surface area contributed by atoms with Gasteiger partial charge in [0.15, 0.2) is 6.10 Å². The number of esters is 3. The molecule has 308 valence electrons. The lowest BCUT2D eigenvalue weighted by atomic mass is 10.1. The number of allylic oxidation sites excluding steroid dienone is 18. The molecule has 0 aliphatic rings. The van der Waals surface area contributed by atoms with E-state index in [1.54, 1.807) is 0 Å². The average molecular weight is 761 g/mol. The van der Waals surface area contributed by atoms with Crippen LogP contribution in [0.2, 0.25) is 0 Å². The van der Waals surface area contributed by atoms with Crippen molar-refractivity contribution in [3.05, 3.63) is 109 Å². The largest absolute Gasteiger partial charge is 0.462 e. The van der Waals surface area contributed by atoms with Crippen molar-refractivity contribution in [1.82, 2.24) is 0 Å². The molecule has 0 aromatic heterocycles. The van der Waals surface area contributed by atoms with Crippen LogP contribution in [0.5, 0.6) is 0 Å². The first kappa shape index (κ1) is 51.1. The quantitative estimate of drug-likeness (QED) is 0.0208. The Hall–Kier alpha value is -3.93. The van der Waals surface area contributed by atoms with Crippen molar-refractivity contribution in [3.63, 3.8) is 0 Å². The fourth-order valence-corrected chi connectivity index (χ4v) is 5.21. The molecule has 0 aliphatic heterocycles. The summed E-state index contributed by atoms with van der Waals surface area (Å²) in [5.41, 5.74) is 0. The van der Waals surface area contributed by atoms with Gasteiger partial charge in [0, 0.05) is 19.3 Å². The van der Waals surface area contributed by atoms with Crippen LogP contribution in [0.1, 0.15) is 162 Å². The topological polar surface area (TPSA) is 78.9 Å². The lowest BCUT2D eigenvalue weighted by Crippen LogP contribution is -2.30. The van der Waals surface area contributed by atoms with Crippen LogP contribution < -0.4 is 0 Å². The molecule has 6 nitrogen and oxygen atoms in total. The molecule has 0 N–H and O–H groups in total. The van der Waals surface area contributed by atoms with Gasteiger partial charge in [-0.2, -0.15) is 0 Å². The van der Waals surface area contributed by atoms with Crippen molar-refractivity contribution < 1.29 is 28.6 Å². The third-order valence-corrected chi connectivity index (χ3v) is 8.43. The Morgan fingerprint density at radius 2 is 0.745 bits per heavy atom. The monoisotopic (exact) mass is 761 g/mol. The number of unbranched alkanes of at least 4 members (excludes halogenated alkanes) is 13. The zero-order valence-corrected chi connectivity index (χ0v) is 34.9. The molecule has 0 bridgehead atoms. The van der Waals surface area contributed by atoms with Gasteiger partial charge in [-0.1, -0.05) is 182 Å². The lowest BCUT2D eigenvalue weighted by molar-refractivity contribution is -0.167. The number of carbonyl (C=O) groups is 3. The van der Waals surface area contributed by atoms with Crippen molar-refractivity contribution in [2.24, 2.45) is 0 Å². The maximum absolute atomic E-state index is 12.7. The summed E-state index contributed by atoms with van der Waals surface area (Å²) >= 11 is 0. The van der Waals surface area contributed by atoms with E-state index < -0.39 is 6.10 Å². The van der Waals surface area contributed by atoms with Crippen LogP contribution in [0.4, 0.5) is 0 Å². The van der Waals surface area contributed by atoms with Gasteiger partial charge >= 0.3 is 17.9 Å². The third-order valence-electron chi connectivity index (χ3n) is 8.43. The molecule has 0 amide bonds. The van der Waals surface area contributed by atoms with Crippen LogP contribution in [-0.4, -0.2) is 37.2 Å². The van der Waals surface area contributed by atoms with Gasteiger partial charge in [0.2, 0.25) is 0 Å². The average Bonchev–Trinajstić information content (AvgIpc) is 3.18. The summed E-state index contributed by atoms with van der Waals surface area (Å²) in [7, 11) is 0. The van der Waals surface area contributed by atoms with Crippen LogP contribution in [0.3, 0.4) is 0 Å². The van der Waals surface area contributed by atoms with Gasteiger partial charge in [0.05, 0.1) is 0 Å².